The molecule has 0 aliphatic heterocycles. The molecule has 1 aliphatic rings. The molecule has 4 heteroatoms. The molecule has 1 aromatic carbocycles. The van der Waals surface area contributed by atoms with Gasteiger partial charge in [-0.05, 0) is 35.4 Å². The molecule has 2 rings (SSSR count). The van der Waals surface area contributed by atoms with Crippen LogP contribution in [0.2, 0.25) is 5.02 Å². The van der Waals surface area contributed by atoms with Crippen LogP contribution in [0.25, 0.3) is 5.03 Å². The van der Waals surface area contributed by atoms with E-state index in [0.29, 0.717) is 16.5 Å². The third-order valence-electron chi connectivity index (χ3n) is 3.84. The molecule has 0 heterocycles. The van der Waals surface area contributed by atoms with Crippen LogP contribution in [0.3, 0.4) is 0 Å². The molecule has 0 unspecified atom stereocenters. The molecule has 2 atom stereocenters. The zero-order chi connectivity index (χ0) is 14.2. The summed E-state index contributed by atoms with van der Waals surface area (Å²) < 4.78 is 0. The fraction of sp³-hybridized carbons (Fsp3) is 0.400. The lowest BCUT2D eigenvalue weighted by atomic mass is 9.55. The molecule has 0 aromatic heterocycles. The predicted molar refractivity (Wildman–Crippen MR) is 78.3 cm³/mol. The molecule has 0 spiro atoms. The first-order valence-corrected chi connectivity index (χ1v) is 6.93. The Balaban J connectivity index is 2.24. The van der Waals surface area contributed by atoms with Gasteiger partial charge in [0, 0.05) is 10.1 Å². The van der Waals surface area contributed by atoms with E-state index < -0.39 is 5.97 Å². The highest BCUT2D eigenvalue weighted by atomic mass is 35.5. The number of rotatable bonds is 3. The van der Waals surface area contributed by atoms with Crippen molar-refractivity contribution in [1.82, 2.24) is 0 Å². The zero-order valence-electron chi connectivity index (χ0n) is 10.9. The van der Waals surface area contributed by atoms with Crippen molar-refractivity contribution in [1.29, 1.82) is 0 Å². The lowest BCUT2D eigenvalue weighted by molar-refractivity contribution is -0.153. The third-order valence-corrected chi connectivity index (χ3v) is 4.44. The fourth-order valence-electron chi connectivity index (χ4n) is 2.66. The second-order valence-corrected chi connectivity index (χ2v) is 6.53. The number of aliphatic carboxylic acids is 1. The Kier molecular flexibility index (Phi) is 3.93. The molecule has 1 N–H and O–H groups in total. The van der Waals surface area contributed by atoms with Crippen LogP contribution in [0, 0.1) is 17.3 Å². The summed E-state index contributed by atoms with van der Waals surface area (Å²) in [5.74, 6) is -1.12. The average Bonchev–Trinajstić information content (AvgIpc) is 2.34. The molecule has 1 aliphatic carbocycles. The highest BCUT2D eigenvalue weighted by Gasteiger charge is 2.49. The molecule has 2 nitrogen and oxygen atoms in total. The highest BCUT2D eigenvalue weighted by Crippen LogP contribution is 2.52. The number of carbonyl (C=O) groups is 1. The van der Waals surface area contributed by atoms with Gasteiger partial charge < -0.3 is 5.11 Å². The van der Waals surface area contributed by atoms with Crippen molar-refractivity contribution < 1.29 is 9.90 Å². The summed E-state index contributed by atoms with van der Waals surface area (Å²) in [6, 6.07) is 7.21. The van der Waals surface area contributed by atoms with Crippen molar-refractivity contribution in [3.8, 4) is 0 Å². The van der Waals surface area contributed by atoms with Crippen LogP contribution in [-0.4, -0.2) is 11.1 Å². The zero-order valence-corrected chi connectivity index (χ0v) is 12.4. The van der Waals surface area contributed by atoms with E-state index in [1.807, 2.05) is 18.2 Å². The van der Waals surface area contributed by atoms with E-state index >= 15 is 0 Å². The number of hydrogen-bond acceptors (Lipinski definition) is 1. The van der Waals surface area contributed by atoms with E-state index in [1.165, 1.54) is 0 Å². The van der Waals surface area contributed by atoms with Gasteiger partial charge in [0.1, 0.15) is 0 Å². The largest absolute Gasteiger partial charge is 0.481 e. The van der Waals surface area contributed by atoms with Crippen LogP contribution < -0.4 is 0 Å². The average molecular weight is 299 g/mol. The molecule has 0 saturated heterocycles. The van der Waals surface area contributed by atoms with Gasteiger partial charge in [0.15, 0.2) is 0 Å². The van der Waals surface area contributed by atoms with Crippen LogP contribution in [0.5, 0.6) is 0 Å². The molecular formula is C15H16Cl2O2. The van der Waals surface area contributed by atoms with E-state index in [2.05, 4.69) is 13.8 Å². The number of halogens is 2. The van der Waals surface area contributed by atoms with E-state index in [4.69, 9.17) is 28.3 Å². The van der Waals surface area contributed by atoms with Gasteiger partial charge in [-0.25, -0.2) is 0 Å². The molecule has 0 amide bonds. The van der Waals surface area contributed by atoms with Gasteiger partial charge in [-0.1, -0.05) is 55.3 Å². The Hall–Kier alpha value is -0.990. The lowest BCUT2D eigenvalue weighted by Crippen LogP contribution is -2.46. The van der Waals surface area contributed by atoms with Crippen molar-refractivity contribution in [2.45, 2.75) is 20.3 Å². The molecule has 0 bridgehead atoms. The molecule has 1 aromatic rings. The Labute approximate surface area is 123 Å². The Bertz CT molecular complexity index is 517. The molecular weight excluding hydrogens is 283 g/mol. The van der Waals surface area contributed by atoms with Gasteiger partial charge in [0.2, 0.25) is 0 Å². The summed E-state index contributed by atoms with van der Waals surface area (Å²) in [6.07, 6.45) is 2.56. The minimum Gasteiger partial charge on any atom is -0.481 e. The fourth-order valence-corrected chi connectivity index (χ4v) is 3.05. The minimum atomic E-state index is -0.749. The summed E-state index contributed by atoms with van der Waals surface area (Å²) >= 11 is 12.1. The first kappa shape index (κ1) is 14.4. The second kappa shape index (κ2) is 5.18. The molecule has 102 valence electrons. The van der Waals surface area contributed by atoms with Gasteiger partial charge in [0.05, 0.1) is 5.92 Å². The SMILES string of the molecule is CC1(C)C[C@@H](C(=O)O)[C@@H]1C=C(Cl)c1ccc(Cl)cc1. The summed E-state index contributed by atoms with van der Waals surface area (Å²) in [5, 5.41) is 10.4. The van der Waals surface area contributed by atoms with E-state index in [0.717, 1.165) is 5.56 Å². The van der Waals surface area contributed by atoms with Crippen molar-refractivity contribution in [2.75, 3.05) is 0 Å². The number of hydrogen-bond donors (Lipinski definition) is 1. The number of carboxylic acids is 1. The van der Waals surface area contributed by atoms with Gasteiger partial charge in [-0.15, -0.1) is 0 Å². The molecule has 0 radical (unpaired) electrons. The Morgan fingerprint density at radius 2 is 1.95 bits per heavy atom. The first-order valence-electron chi connectivity index (χ1n) is 6.17. The Morgan fingerprint density at radius 3 is 2.42 bits per heavy atom. The maximum atomic E-state index is 11.2. The highest BCUT2D eigenvalue weighted by molar-refractivity contribution is 6.48. The normalized spacial score (nSPS) is 25.8. The molecule has 19 heavy (non-hydrogen) atoms. The standard InChI is InChI=1S/C15H16Cl2O2/c1-15(2)8-11(14(18)19)12(15)7-13(17)9-3-5-10(16)6-4-9/h3-7,11-12H,8H2,1-2H3,(H,18,19)/t11-,12+/m1/s1. The first-order chi connectivity index (χ1) is 8.81. The third kappa shape index (κ3) is 2.96. The summed E-state index contributed by atoms with van der Waals surface area (Å²) in [5.41, 5.74) is 0.841. The van der Waals surface area contributed by atoms with E-state index in [-0.39, 0.29) is 17.3 Å². The van der Waals surface area contributed by atoms with Crippen LogP contribution in [0.4, 0.5) is 0 Å². The van der Waals surface area contributed by atoms with Gasteiger partial charge >= 0.3 is 5.97 Å². The van der Waals surface area contributed by atoms with Gasteiger partial charge in [0.25, 0.3) is 0 Å². The van der Waals surface area contributed by atoms with Crippen molar-refractivity contribution in [2.24, 2.45) is 17.3 Å². The van der Waals surface area contributed by atoms with Crippen molar-refractivity contribution in [3.05, 3.63) is 40.9 Å². The smallest absolute Gasteiger partial charge is 0.307 e. The van der Waals surface area contributed by atoms with Crippen LogP contribution in [0.15, 0.2) is 30.3 Å². The predicted octanol–water partition coefficient (Wildman–Crippen LogP) is 4.67. The van der Waals surface area contributed by atoms with Crippen LogP contribution >= 0.6 is 23.2 Å². The van der Waals surface area contributed by atoms with Crippen molar-refractivity contribution >= 4 is 34.2 Å². The van der Waals surface area contributed by atoms with Gasteiger partial charge in [-0.2, -0.15) is 0 Å². The van der Waals surface area contributed by atoms with Gasteiger partial charge in [-0.3, -0.25) is 4.79 Å². The van der Waals surface area contributed by atoms with Crippen LogP contribution in [-0.2, 0) is 4.79 Å². The quantitative estimate of drug-likeness (QED) is 0.881. The molecule has 1 fully saturated rings. The lowest BCUT2D eigenvalue weighted by Gasteiger charge is -2.48. The second-order valence-electron chi connectivity index (χ2n) is 5.68. The number of benzene rings is 1. The number of carboxylic acid groups (broad SMARTS) is 1. The summed E-state index contributed by atoms with van der Waals surface area (Å²) in [6.45, 7) is 4.14. The summed E-state index contributed by atoms with van der Waals surface area (Å²) in [7, 11) is 0. The maximum Gasteiger partial charge on any atom is 0.307 e. The summed E-state index contributed by atoms with van der Waals surface area (Å²) in [4.78, 5) is 11.2. The Morgan fingerprint density at radius 1 is 1.37 bits per heavy atom. The minimum absolute atomic E-state index is 0.0182. The van der Waals surface area contributed by atoms with Crippen LogP contribution in [0.1, 0.15) is 25.8 Å². The molecule has 1 saturated carbocycles. The van der Waals surface area contributed by atoms with E-state index in [9.17, 15) is 4.79 Å². The maximum absolute atomic E-state index is 11.2. The topological polar surface area (TPSA) is 37.3 Å². The monoisotopic (exact) mass is 298 g/mol. The van der Waals surface area contributed by atoms with E-state index in [1.54, 1.807) is 12.1 Å². The van der Waals surface area contributed by atoms with Crippen molar-refractivity contribution in [3.63, 3.8) is 0 Å². The number of allylic oxidation sites excluding steroid dienone is 1.